The van der Waals surface area contributed by atoms with Crippen molar-refractivity contribution in [2.75, 3.05) is 0 Å². The van der Waals surface area contributed by atoms with E-state index in [4.69, 9.17) is 9.47 Å². The first-order valence-corrected chi connectivity index (χ1v) is 12.3. The SMILES string of the molecule is Cc1ccc2c(c1)OC(C)(C)c1cc(C)ccc1-2.Cc1ccc2c(c1)O[C-](C)c1cc(C)ccc1-2.[Rf].[Rf].[Rf].[Rf].[Rf]. The first kappa shape index (κ1) is 31.4. The minimum atomic E-state index is -0.262. The molecule has 4 aromatic carbocycles. The zero-order valence-corrected chi connectivity index (χ0v) is 57.3. The minimum Gasteiger partial charge on any atom is -0.521 e. The van der Waals surface area contributed by atoms with Gasteiger partial charge >= 0.3 is 0 Å². The fourth-order valence-corrected chi connectivity index (χ4v) is 5.00. The van der Waals surface area contributed by atoms with Gasteiger partial charge in [0.1, 0.15) is 17.1 Å². The number of benzene rings is 4. The summed E-state index contributed by atoms with van der Waals surface area (Å²) in [7, 11) is 0. The molecule has 0 amide bonds. The number of ether oxygens (including phenoxy) is 2. The molecule has 7 heteroatoms. The van der Waals surface area contributed by atoms with E-state index in [-0.39, 0.29) is 5.60 Å². The van der Waals surface area contributed by atoms with Crippen molar-refractivity contribution >= 4 is 0 Å². The molecular weight excluding hydrogens is 1760 g/mol. The largest absolute Gasteiger partial charge is 0.521 e. The predicted molar refractivity (Wildman–Crippen MR) is 145 cm³/mol. The average molecular weight is 1800 g/mol. The Morgan fingerprint density at radius 2 is 0.950 bits per heavy atom. The summed E-state index contributed by atoms with van der Waals surface area (Å²) in [5.74, 6) is 1.97. The monoisotopic (exact) mass is 1800 g/mol. The summed E-state index contributed by atoms with van der Waals surface area (Å²) in [6, 6.07) is 25.9. The van der Waals surface area contributed by atoms with Crippen LogP contribution in [0.15, 0.2) is 72.8 Å². The van der Waals surface area contributed by atoms with E-state index >= 15 is 0 Å². The van der Waals surface area contributed by atoms with Gasteiger partial charge in [-0.1, -0.05) is 67.9 Å². The van der Waals surface area contributed by atoms with Crippen LogP contribution in [0.1, 0.15) is 54.2 Å². The maximum atomic E-state index is 6.18. The number of hydrogen-bond donors (Lipinski definition) is 0. The van der Waals surface area contributed by atoms with Gasteiger partial charge in [-0.3, -0.25) is 0 Å². The molecule has 0 saturated heterocycles. The van der Waals surface area contributed by atoms with Crippen molar-refractivity contribution in [3.63, 3.8) is 0 Å². The molecule has 0 spiro atoms. The van der Waals surface area contributed by atoms with E-state index in [1.807, 2.05) is 6.92 Å². The second kappa shape index (κ2) is 10.3. The van der Waals surface area contributed by atoms with Crippen LogP contribution in [0.3, 0.4) is 0 Å². The molecule has 2 aliphatic rings. The van der Waals surface area contributed by atoms with E-state index in [9.17, 15) is 0 Å². The van der Waals surface area contributed by atoms with Crippen molar-refractivity contribution in [1.82, 2.24) is 0 Å². The molecule has 0 aliphatic carbocycles. The molecule has 40 heavy (non-hydrogen) atoms. The molecule has 6 rings (SSSR count). The van der Waals surface area contributed by atoms with Crippen LogP contribution in [0.4, 0.5) is 0 Å². The number of hydrogen-bond acceptors (Lipinski definition) is 2. The van der Waals surface area contributed by atoms with Crippen LogP contribution in [0.25, 0.3) is 22.3 Å². The molecule has 0 saturated carbocycles. The third-order valence-corrected chi connectivity index (χ3v) is 6.86. The maximum absolute atomic E-state index is 6.18. The molecule has 0 bridgehead atoms. The van der Waals surface area contributed by atoms with Crippen LogP contribution >= 0.6 is 0 Å². The van der Waals surface area contributed by atoms with E-state index in [1.165, 1.54) is 55.6 Å². The van der Waals surface area contributed by atoms with Crippen molar-refractivity contribution in [1.29, 1.82) is 0 Å². The second-order valence-corrected chi connectivity index (χ2v) is 10.4. The smallest absolute Gasteiger partial charge is 0.129 e. The molecule has 0 atom stereocenters. The van der Waals surface area contributed by atoms with Crippen molar-refractivity contribution in [3.8, 4) is 33.8 Å². The minimum absolute atomic E-state index is 0. The van der Waals surface area contributed by atoms with E-state index in [2.05, 4.69) is 114 Å². The van der Waals surface area contributed by atoms with Gasteiger partial charge in [-0.25, -0.2) is 0 Å². The van der Waals surface area contributed by atoms with Gasteiger partial charge in [0, 0.05) is 11.1 Å². The zero-order chi connectivity index (χ0) is 24.9. The molecule has 2 nitrogen and oxygen atoms in total. The van der Waals surface area contributed by atoms with Crippen molar-refractivity contribution in [3.05, 3.63) is 112 Å². The van der Waals surface area contributed by atoms with Crippen molar-refractivity contribution in [2.24, 2.45) is 0 Å². The Balaban J connectivity index is 0.000000677. The molecule has 188 valence electrons. The summed E-state index contributed by atoms with van der Waals surface area (Å²) in [6.07, 6.45) is 0.988. The van der Waals surface area contributed by atoms with Crippen molar-refractivity contribution < 1.29 is 9.47 Å². The van der Waals surface area contributed by atoms with Crippen LogP contribution in [-0.4, -0.2) is 0 Å². The summed E-state index contributed by atoms with van der Waals surface area (Å²) in [4.78, 5) is 0. The summed E-state index contributed by atoms with van der Waals surface area (Å²) >= 11 is 0. The van der Waals surface area contributed by atoms with E-state index in [0.29, 0.717) is 0 Å². The van der Waals surface area contributed by atoms with E-state index in [1.54, 1.807) is 0 Å². The molecule has 0 fully saturated rings. The molecule has 0 unspecified atom stereocenters. The summed E-state index contributed by atoms with van der Waals surface area (Å²) in [6.45, 7) is 14.7. The van der Waals surface area contributed by atoms with E-state index in [0.717, 1.165) is 17.6 Å². The van der Waals surface area contributed by atoms with Gasteiger partial charge in [-0.2, -0.15) is 6.07 Å². The summed E-state index contributed by atoms with van der Waals surface area (Å²) in [5, 5.41) is 0. The molecular formula is C33H33O2Rf5-. The number of fused-ring (bicyclic) bond motifs is 6. The summed E-state index contributed by atoms with van der Waals surface area (Å²) < 4.78 is 12.1. The second-order valence-electron chi connectivity index (χ2n) is 10.4. The Morgan fingerprint density at radius 3 is 1.52 bits per heavy atom. The van der Waals surface area contributed by atoms with Gasteiger partial charge in [0.2, 0.25) is 0 Å². The Kier molecular flexibility index (Phi) is 8.08. The Morgan fingerprint density at radius 1 is 0.525 bits per heavy atom. The average Bonchev–Trinajstić information content (AvgIpc) is 2.79. The quantitative estimate of drug-likeness (QED) is 0.164. The van der Waals surface area contributed by atoms with Crippen molar-refractivity contribution in [2.45, 2.75) is 54.1 Å². The first-order valence-electron chi connectivity index (χ1n) is 12.3. The van der Waals surface area contributed by atoms with Gasteiger partial charge < -0.3 is 9.47 Å². The third kappa shape index (κ3) is 4.77. The molecule has 0 N–H and O–H groups in total. The number of rotatable bonds is 0. The Bertz CT molecular complexity index is 1450. The van der Waals surface area contributed by atoms with Crippen LogP contribution in [0.2, 0.25) is 0 Å². The molecule has 2 heterocycles. The van der Waals surface area contributed by atoms with Crippen LogP contribution in [0, 0.1) is 33.8 Å². The fraction of sp³-hybridized carbons (Fsp3) is 0.242. The maximum Gasteiger partial charge on any atom is 0.129 e. The topological polar surface area (TPSA) is 18.5 Å². The predicted octanol–water partition coefficient (Wildman–Crippen LogP) is 8.86. The molecule has 2 aliphatic heterocycles. The zero-order valence-electron chi connectivity index (χ0n) is 25.3. The van der Waals surface area contributed by atoms with Crippen LogP contribution in [0.5, 0.6) is 11.5 Å². The van der Waals surface area contributed by atoms with E-state index < -0.39 is 0 Å². The Labute approximate surface area is 209 Å². The normalized spacial score (nSPS) is 12.4. The first-order chi connectivity index (χ1) is 16.6. The van der Waals surface area contributed by atoms with Crippen LogP contribution in [-0.2, 0) is 5.60 Å². The van der Waals surface area contributed by atoms with Crippen LogP contribution < -0.4 is 9.47 Å². The van der Waals surface area contributed by atoms with Gasteiger partial charge in [0.15, 0.2) is 0 Å². The third-order valence-electron chi connectivity index (χ3n) is 6.86. The summed E-state index contributed by atoms with van der Waals surface area (Å²) in [5.41, 5.74) is 12.2. The van der Waals surface area contributed by atoms with Gasteiger partial charge in [-0.05, 0) is 75.1 Å². The fourth-order valence-electron chi connectivity index (χ4n) is 5.00. The van der Waals surface area contributed by atoms with Gasteiger partial charge in [0.05, 0.1) is 0 Å². The standard InChI is InChI=1S/C17H18O.C16H15O.5Rf/c1-11-5-7-13-14-8-6-12(2)10-16(14)18-17(3,4)15(13)9-11;1-10-4-6-13-14-7-5-11(2)9-16(14)17-12(3)15(13)8-10;;;;;/h5-10H,1-4H3;4-9H,1-3H3;;;;;/q;-1;;;;;. The molecule has 4 aromatic rings. The Hall–Kier alpha value is -8.65. The van der Waals surface area contributed by atoms with Gasteiger partial charge in [-0.15, -0.1) is 22.8 Å². The molecule has 0 radical (unpaired) electrons. The number of aryl methyl sites for hydroxylation is 4. The molecule has 0 aromatic heterocycles. The van der Waals surface area contributed by atoms with Gasteiger partial charge in [0.25, 0.3) is 0 Å².